The molecule has 6 nitrogen and oxygen atoms in total. The molecule has 0 unspecified atom stereocenters. The van der Waals surface area contributed by atoms with Gasteiger partial charge in [0.15, 0.2) is 0 Å². The van der Waals surface area contributed by atoms with Gasteiger partial charge < -0.3 is 14.9 Å². The number of carboxylic acids is 1. The summed E-state index contributed by atoms with van der Waals surface area (Å²) >= 11 is 1.50. The first kappa shape index (κ1) is 17.0. The Kier molecular flexibility index (Phi) is 5.00. The van der Waals surface area contributed by atoms with Crippen LogP contribution in [0, 0.1) is 6.92 Å². The van der Waals surface area contributed by atoms with Crippen molar-refractivity contribution in [2.24, 2.45) is 0 Å². The lowest BCUT2D eigenvalue weighted by Gasteiger charge is -2.19. The van der Waals surface area contributed by atoms with E-state index in [2.05, 4.69) is 4.98 Å². The van der Waals surface area contributed by atoms with Crippen molar-refractivity contribution in [3.63, 3.8) is 0 Å². The van der Waals surface area contributed by atoms with Crippen LogP contribution in [-0.4, -0.2) is 48.0 Å². The second kappa shape index (κ2) is 6.78. The van der Waals surface area contributed by atoms with Crippen LogP contribution in [0.15, 0.2) is 23.6 Å². The van der Waals surface area contributed by atoms with Gasteiger partial charge in [-0.1, -0.05) is 0 Å². The maximum absolute atomic E-state index is 12.6. The van der Waals surface area contributed by atoms with Gasteiger partial charge in [0, 0.05) is 43.5 Å². The molecule has 1 aromatic heterocycles. The van der Waals surface area contributed by atoms with Crippen LogP contribution in [0.5, 0.6) is 0 Å². The molecule has 0 aliphatic rings. The molecule has 0 atom stereocenters. The Morgan fingerprint density at radius 1 is 1.17 bits per heavy atom. The largest absolute Gasteiger partial charge is 0.478 e. The highest BCUT2D eigenvalue weighted by molar-refractivity contribution is 7.09. The molecule has 0 bridgehead atoms. The van der Waals surface area contributed by atoms with Gasteiger partial charge in [0.25, 0.3) is 5.91 Å². The van der Waals surface area contributed by atoms with Crippen molar-refractivity contribution in [1.82, 2.24) is 9.88 Å². The lowest BCUT2D eigenvalue weighted by atomic mass is 10.1. The number of carbonyl (C=O) groups is 2. The highest BCUT2D eigenvalue weighted by Crippen LogP contribution is 2.20. The van der Waals surface area contributed by atoms with Crippen LogP contribution in [-0.2, 0) is 6.54 Å². The number of aryl methyl sites for hydroxylation is 1. The molecule has 23 heavy (non-hydrogen) atoms. The summed E-state index contributed by atoms with van der Waals surface area (Å²) in [6.45, 7) is 2.30. The number of aromatic nitrogens is 1. The number of amides is 1. The quantitative estimate of drug-likeness (QED) is 0.910. The Bertz CT molecular complexity index is 740. The van der Waals surface area contributed by atoms with Gasteiger partial charge in [-0.3, -0.25) is 4.79 Å². The van der Waals surface area contributed by atoms with Gasteiger partial charge in [-0.25, -0.2) is 9.78 Å². The van der Waals surface area contributed by atoms with E-state index in [-0.39, 0.29) is 11.5 Å². The van der Waals surface area contributed by atoms with Crippen molar-refractivity contribution in [3.8, 4) is 0 Å². The van der Waals surface area contributed by atoms with Crippen molar-refractivity contribution in [2.45, 2.75) is 13.5 Å². The smallest absolute Gasteiger partial charge is 0.335 e. The van der Waals surface area contributed by atoms with E-state index in [1.54, 1.807) is 43.1 Å². The summed E-state index contributed by atoms with van der Waals surface area (Å²) in [5, 5.41) is 12.0. The fourth-order valence-electron chi connectivity index (χ4n) is 2.09. The van der Waals surface area contributed by atoms with E-state index in [0.717, 1.165) is 10.7 Å². The second-order valence-corrected chi connectivity index (χ2v) is 6.45. The highest BCUT2D eigenvalue weighted by Gasteiger charge is 2.17. The molecule has 1 N–H and O–H groups in total. The van der Waals surface area contributed by atoms with Gasteiger partial charge in [-0.15, -0.1) is 11.3 Å². The number of rotatable bonds is 5. The molecular formula is C16H19N3O3S. The number of aromatic carboxylic acids is 1. The Labute approximate surface area is 139 Å². The minimum atomic E-state index is -1.05. The number of anilines is 1. The summed E-state index contributed by atoms with van der Waals surface area (Å²) in [7, 11) is 5.29. The molecule has 2 aromatic rings. The summed E-state index contributed by atoms with van der Waals surface area (Å²) in [4.78, 5) is 31.5. The van der Waals surface area contributed by atoms with Gasteiger partial charge in [0.1, 0.15) is 5.01 Å². The average Bonchev–Trinajstić information content (AvgIpc) is 2.90. The molecule has 122 valence electrons. The monoisotopic (exact) mass is 333 g/mol. The first-order valence-corrected chi connectivity index (χ1v) is 7.88. The standard InChI is InChI=1S/C16H19N3O3S/c1-10-9-23-14(17-10)8-19(4)15(20)11-5-12(16(21)22)7-13(6-11)18(2)3/h5-7,9H,8H2,1-4H3,(H,21,22). The highest BCUT2D eigenvalue weighted by atomic mass is 32.1. The first-order chi connectivity index (χ1) is 10.8. The maximum Gasteiger partial charge on any atom is 0.335 e. The van der Waals surface area contributed by atoms with Crippen LogP contribution in [0.1, 0.15) is 31.4 Å². The van der Waals surface area contributed by atoms with E-state index in [9.17, 15) is 14.7 Å². The summed E-state index contributed by atoms with van der Waals surface area (Å²) in [6.07, 6.45) is 0. The molecule has 2 rings (SSSR count). The molecule has 0 aliphatic carbocycles. The molecule has 0 saturated heterocycles. The van der Waals surface area contributed by atoms with Gasteiger partial charge in [0.05, 0.1) is 12.1 Å². The van der Waals surface area contributed by atoms with Gasteiger partial charge in [-0.05, 0) is 25.1 Å². The molecule has 7 heteroatoms. The fraction of sp³-hybridized carbons (Fsp3) is 0.312. The topological polar surface area (TPSA) is 73.7 Å². The normalized spacial score (nSPS) is 10.4. The second-order valence-electron chi connectivity index (χ2n) is 5.51. The molecule has 1 aromatic carbocycles. The number of hydrogen-bond donors (Lipinski definition) is 1. The van der Waals surface area contributed by atoms with Crippen LogP contribution < -0.4 is 4.90 Å². The number of hydrogen-bond acceptors (Lipinski definition) is 5. The number of thiazole rings is 1. The molecule has 1 heterocycles. The van der Waals surface area contributed by atoms with E-state index >= 15 is 0 Å². The van der Waals surface area contributed by atoms with E-state index < -0.39 is 5.97 Å². The van der Waals surface area contributed by atoms with Crippen LogP contribution in [0.25, 0.3) is 0 Å². The first-order valence-electron chi connectivity index (χ1n) is 7.00. The van der Waals surface area contributed by atoms with Gasteiger partial charge in [0.2, 0.25) is 0 Å². The van der Waals surface area contributed by atoms with Crippen LogP contribution in [0.4, 0.5) is 5.69 Å². The van der Waals surface area contributed by atoms with Crippen LogP contribution in [0.2, 0.25) is 0 Å². The summed E-state index contributed by atoms with van der Waals surface area (Å²) in [6, 6.07) is 4.64. The Hall–Kier alpha value is -2.41. The number of carboxylic acid groups (broad SMARTS) is 1. The van der Waals surface area contributed by atoms with Crippen molar-refractivity contribution >= 4 is 28.9 Å². The summed E-state index contributed by atoms with van der Waals surface area (Å²) in [5.74, 6) is -1.29. The van der Waals surface area contributed by atoms with Crippen molar-refractivity contribution in [2.75, 3.05) is 26.0 Å². The molecule has 0 saturated carbocycles. The molecular weight excluding hydrogens is 314 g/mol. The lowest BCUT2D eigenvalue weighted by molar-refractivity contribution is 0.0697. The van der Waals surface area contributed by atoms with Gasteiger partial charge >= 0.3 is 5.97 Å². The predicted molar refractivity (Wildman–Crippen MR) is 90.4 cm³/mol. The van der Waals surface area contributed by atoms with E-state index in [1.807, 2.05) is 12.3 Å². The van der Waals surface area contributed by atoms with E-state index in [0.29, 0.717) is 17.8 Å². The van der Waals surface area contributed by atoms with Crippen molar-refractivity contribution in [3.05, 3.63) is 45.4 Å². The zero-order valence-corrected chi connectivity index (χ0v) is 14.3. The Morgan fingerprint density at radius 2 is 1.83 bits per heavy atom. The average molecular weight is 333 g/mol. The van der Waals surface area contributed by atoms with Crippen molar-refractivity contribution < 1.29 is 14.7 Å². The van der Waals surface area contributed by atoms with E-state index in [4.69, 9.17) is 0 Å². The van der Waals surface area contributed by atoms with Crippen LogP contribution in [0.3, 0.4) is 0 Å². The molecule has 0 spiro atoms. The molecule has 0 radical (unpaired) electrons. The Morgan fingerprint density at radius 3 is 2.35 bits per heavy atom. The zero-order chi connectivity index (χ0) is 17.1. The van der Waals surface area contributed by atoms with Gasteiger partial charge in [-0.2, -0.15) is 0 Å². The minimum absolute atomic E-state index is 0.0954. The third kappa shape index (κ3) is 4.07. The van der Waals surface area contributed by atoms with Crippen molar-refractivity contribution in [1.29, 1.82) is 0 Å². The fourth-order valence-corrected chi connectivity index (χ4v) is 2.91. The minimum Gasteiger partial charge on any atom is -0.478 e. The molecule has 0 aliphatic heterocycles. The number of nitrogens with zero attached hydrogens (tertiary/aromatic N) is 3. The Balaban J connectivity index is 2.28. The number of carbonyl (C=O) groups excluding carboxylic acids is 1. The zero-order valence-electron chi connectivity index (χ0n) is 13.5. The summed E-state index contributed by atoms with van der Waals surface area (Å²) in [5.41, 5.74) is 2.04. The predicted octanol–water partition coefficient (Wildman–Crippen LogP) is 2.49. The maximum atomic E-state index is 12.6. The van der Waals surface area contributed by atoms with E-state index in [1.165, 1.54) is 17.4 Å². The summed E-state index contributed by atoms with van der Waals surface area (Å²) < 4.78 is 0. The van der Waals surface area contributed by atoms with Crippen LogP contribution >= 0.6 is 11.3 Å². The molecule has 0 fully saturated rings. The molecule has 1 amide bonds. The number of benzene rings is 1. The third-order valence-electron chi connectivity index (χ3n) is 3.31. The lowest BCUT2D eigenvalue weighted by Crippen LogP contribution is -2.26. The third-order valence-corrected chi connectivity index (χ3v) is 4.27. The SMILES string of the molecule is Cc1csc(CN(C)C(=O)c2cc(C(=O)O)cc(N(C)C)c2)n1.